The van der Waals surface area contributed by atoms with E-state index in [1.54, 1.807) is 24.3 Å². The fraction of sp³-hybridized carbons (Fsp3) is 0.600. The maximum Gasteiger partial charge on any atom is 0.317 e. The second kappa shape index (κ2) is 4.33. The Kier molecular flexibility index (Phi) is 2.89. The van der Waals surface area contributed by atoms with Gasteiger partial charge < -0.3 is 10.2 Å². The highest BCUT2D eigenvalue weighted by molar-refractivity contribution is 5.74. The highest BCUT2D eigenvalue weighted by Crippen LogP contribution is 2.18. The third-order valence-corrected chi connectivity index (χ3v) is 2.75. The maximum absolute atomic E-state index is 11.7. The monoisotopic (exact) mass is 208 g/mol. The average molecular weight is 208 g/mol. The highest BCUT2D eigenvalue weighted by atomic mass is 16.2. The maximum atomic E-state index is 11.7. The molecule has 2 rings (SSSR count). The van der Waals surface area contributed by atoms with E-state index in [0.29, 0.717) is 12.6 Å². The summed E-state index contributed by atoms with van der Waals surface area (Å²) < 4.78 is 0. The lowest BCUT2D eigenvalue weighted by molar-refractivity contribution is 0.195. The van der Waals surface area contributed by atoms with Crippen molar-refractivity contribution in [1.29, 1.82) is 0 Å². The van der Waals surface area contributed by atoms with Gasteiger partial charge in [-0.1, -0.05) is 0 Å². The van der Waals surface area contributed by atoms with Gasteiger partial charge in [-0.3, -0.25) is 5.10 Å². The van der Waals surface area contributed by atoms with Gasteiger partial charge in [0.25, 0.3) is 0 Å². The van der Waals surface area contributed by atoms with Crippen molar-refractivity contribution in [3.8, 4) is 0 Å². The Morgan fingerprint density at radius 1 is 1.73 bits per heavy atom. The van der Waals surface area contributed by atoms with Crippen molar-refractivity contribution in [2.24, 2.45) is 0 Å². The van der Waals surface area contributed by atoms with E-state index < -0.39 is 0 Å². The number of urea groups is 1. The molecular formula is C10H16N4O. The molecule has 2 amide bonds. The second-order valence-corrected chi connectivity index (χ2v) is 4.04. The predicted octanol–water partition coefficient (Wildman–Crippen LogP) is 1.10. The van der Waals surface area contributed by atoms with Gasteiger partial charge in [0.05, 0.1) is 12.7 Å². The lowest BCUT2D eigenvalue weighted by Gasteiger charge is -2.28. The topological polar surface area (TPSA) is 61.0 Å². The zero-order chi connectivity index (χ0) is 10.7. The minimum atomic E-state index is 0.000833. The van der Waals surface area contributed by atoms with Crippen LogP contribution in [-0.2, 0) is 6.54 Å². The summed E-state index contributed by atoms with van der Waals surface area (Å²) in [5, 5.41) is 9.55. The molecule has 82 valence electrons. The van der Waals surface area contributed by atoms with Crippen molar-refractivity contribution in [3.63, 3.8) is 0 Å². The summed E-state index contributed by atoms with van der Waals surface area (Å²) in [5.74, 6) is 0. The zero-order valence-electron chi connectivity index (χ0n) is 8.86. The molecule has 0 aromatic carbocycles. The molecule has 0 saturated heterocycles. The molecule has 1 aromatic rings. The molecule has 0 unspecified atom stereocenters. The van der Waals surface area contributed by atoms with Crippen LogP contribution in [0.1, 0.15) is 24.8 Å². The Labute approximate surface area is 88.8 Å². The average Bonchev–Trinajstić information content (AvgIpc) is 2.63. The van der Waals surface area contributed by atoms with Crippen molar-refractivity contribution < 1.29 is 4.79 Å². The number of rotatable bonds is 3. The normalized spacial score (nSPS) is 15.8. The van der Waals surface area contributed by atoms with Gasteiger partial charge in [-0.25, -0.2) is 4.79 Å². The smallest absolute Gasteiger partial charge is 0.317 e. The van der Waals surface area contributed by atoms with E-state index in [9.17, 15) is 4.79 Å². The zero-order valence-corrected chi connectivity index (χ0v) is 8.86. The number of carbonyl (C=O) groups is 1. The largest absolute Gasteiger partial charge is 0.335 e. The standard InChI is InChI=1S/C10H16N4O/c1-14(7-8-5-11-12-6-8)10(15)13-9-3-2-4-9/h5-6,9H,2-4,7H2,1H3,(H,11,12)(H,13,15). The number of hydrogen-bond acceptors (Lipinski definition) is 2. The molecular weight excluding hydrogens is 192 g/mol. The molecule has 0 spiro atoms. The van der Waals surface area contributed by atoms with Crippen molar-refractivity contribution in [2.45, 2.75) is 31.8 Å². The molecule has 1 fully saturated rings. The summed E-state index contributed by atoms with van der Waals surface area (Å²) in [6.07, 6.45) is 6.99. The third kappa shape index (κ3) is 2.49. The molecule has 0 atom stereocenters. The fourth-order valence-electron chi connectivity index (χ4n) is 1.55. The Morgan fingerprint density at radius 3 is 3.07 bits per heavy atom. The van der Waals surface area contributed by atoms with Crippen molar-refractivity contribution >= 4 is 6.03 Å². The van der Waals surface area contributed by atoms with E-state index in [2.05, 4.69) is 15.5 Å². The van der Waals surface area contributed by atoms with E-state index in [1.165, 1.54) is 6.42 Å². The number of carbonyl (C=O) groups excluding carboxylic acids is 1. The Morgan fingerprint density at radius 2 is 2.53 bits per heavy atom. The highest BCUT2D eigenvalue weighted by Gasteiger charge is 2.21. The molecule has 0 radical (unpaired) electrons. The molecule has 2 N–H and O–H groups in total. The summed E-state index contributed by atoms with van der Waals surface area (Å²) in [4.78, 5) is 13.3. The predicted molar refractivity (Wildman–Crippen MR) is 56.2 cm³/mol. The second-order valence-electron chi connectivity index (χ2n) is 4.04. The quantitative estimate of drug-likeness (QED) is 0.781. The number of amides is 2. The van der Waals surface area contributed by atoms with Crippen LogP contribution in [0.5, 0.6) is 0 Å². The van der Waals surface area contributed by atoms with Crippen molar-refractivity contribution in [3.05, 3.63) is 18.0 Å². The molecule has 15 heavy (non-hydrogen) atoms. The molecule has 1 saturated carbocycles. The number of nitrogens with one attached hydrogen (secondary N) is 2. The van der Waals surface area contributed by atoms with Crippen LogP contribution in [0, 0.1) is 0 Å². The molecule has 5 heteroatoms. The number of nitrogens with zero attached hydrogens (tertiary/aromatic N) is 2. The molecule has 0 bridgehead atoms. The molecule has 5 nitrogen and oxygen atoms in total. The first-order chi connectivity index (χ1) is 7.25. The van der Waals surface area contributed by atoms with Crippen LogP contribution in [-0.4, -0.2) is 34.2 Å². The number of H-pyrrole nitrogens is 1. The first-order valence-electron chi connectivity index (χ1n) is 5.25. The number of hydrogen-bond donors (Lipinski definition) is 2. The lowest BCUT2D eigenvalue weighted by atomic mass is 9.93. The van der Waals surface area contributed by atoms with Crippen LogP contribution in [0.4, 0.5) is 4.79 Å². The van der Waals surface area contributed by atoms with Crippen LogP contribution >= 0.6 is 0 Å². The number of aromatic amines is 1. The summed E-state index contributed by atoms with van der Waals surface area (Å²) in [7, 11) is 1.79. The fourth-order valence-corrected chi connectivity index (χ4v) is 1.55. The Balaban J connectivity index is 1.79. The number of aromatic nitrogens is 2. The molecule has 1 aromatic heterocycles. The van der Waals surface area contributed by atoms with Gasteiger partial charge in [0.15, 0.2) is 0 Å². The van der Waals surface area contributed by atoms with E-state index >= 15 is 0 Å². The third-order valence-electron chi connectivity index (χ3n) is 2.75. The van der Waals surface area contributed by atoms with Crippen molar-refractivity contribution in [2.75, 3.05) is 7.05 Å². The van der Waals surface area contributed by atoms with Gasteiger partial charge >= 0.3 is 6.03 Å². The van der Waals surface area contributed by atoms with Gasteiger partial charge in [-0.05, 0) is 19.3 Å². The van der Waals surface area contributed by atoms with E-state index in [0.717, 1.165) is 18.4 Å². The van der Waals surface area contributed by atoms with Gasteiger partial charge in [-0.2, -0.15) is 5.10 Å². The van der Waals surface area contributed by atoms with E-state index in [1.807, 2.05) is 0 Å². The van der Waals surface area contributed by atoms with Crippen LogP contribution in [0.2, 0.25) is 0 Å². The summed E-state index contributed by atoms with van der Waals surface area (Å²) in [5.41, 5.74) is 1.02. The summed E-state index contributed by atoms with van der Waals surface area (Å²) >= 11 is 0. The lowest BCUT2D eigenvalue weighted by Crippen LogP contribution is -2.45. The molecule has 1 aliphatic rings. The SMILES string of the molecule is CN(Cc1cn[nH]c1)C(=O)NC1CCC1. The van der Waals surface area contributed by atoms with E-state index in [-0.39, 0.29) is 6.03 Å². The van der Waals surface area contributed by atoms with Crippen LogP contribution < -0.4 is 5.32 Å². The summed E-state index contributed by atoms with van der Waals surface area (Å²) in [6.45, 7) is 0.592. The molecule has 1 aliphatic carbocycles. The minimum Gasteiger partial charge on any atom is -0.335 e. The van der Waals surface area contributed by atoms with Crippen LogP contribution in [0.25, 0.3) is 0 Å². The first kappa shape index (κ1) is 10.0. The van der Waals surface area contributed by atoms with Gasteiger partial charge in [0.2, 0.25) is 0 Å². The molecule has 0 aliphatic heterocycles. The minimum absolute atomic E-state index is 0.000833. The summed E-state index contributed by atoms with van der Waals surface area (Å²) in [6, 6.07) is 0.394. The Hall–Kier alpha value is -1.52. The first-order valence-corrected chi connectivity index (χ1v) is 5.25. The van der Waals surface area contributed by atoms with Crippen LogP contribution in [0.15, 0.2) is 12.4 Å². The van der Waals surface area contributed by atoms with Gasteiger partial charge in [-0.15, -0.1) is 0 Å². The van der Waals surface area contributed by atoms with Crippen LogP contribution in [0.3, 0.4) is 0 Å². The van der Waals surface area contributed by atoms with Gasteiger partial charge in [0, 0.05) is 24.8 Å². The van der Waals surface area contributed by atoms with Crippen molar-refractivity contribution in [1.82, 2.24) is 20.4 Å². The Bertz CT molecular complexity index is 318. The van der Waals surface area contributed by atoms with Gasteiger partial charge in [0.1, 0.15) is 0 Å². The van der Waals surface area contributed by atoms with E-state index in [4.69, 9.17) is 0 Å². The molecule has 1 heterocycles.